The van der Waals surface area contributed by atoms with Gasteiger partial charge in [0.05, 0.1) is 24.9 Å². The van der Waals surface area contributed by atoms with Gasteiger partial charge in [0.2, 0.25) is 0 Å². The summed E-state index contributed by atoms with van der Waals surface area (Å²) >= 11 is 0. The van der Waals surface area contributed by atoms with Crippen LogP contribution < -0.4 is 5.32 Å². The van der Waals surface area contributed by atoms with E-state index in [0.717, 1.165) is 12.8 Å². The van der Waals surface area contributed by atoms with Crippen LogP contribution in [-0.4, -0.2) is 87.9 Å². The van der Waals surface area contributed by atoms with Gasteiger partial charge in [0.15, 0.2) is 17.8 Å². The van der Waals surface area contributed by atoms with E-state index in [2.05, 4.69) is 23.5 Å². The Kier molecular flexibility index (Phi) is 11.5. The van der Waals surface area contributed by atoms with Gasteiger partial charge >= 0.3 is 5.97 Å². The standard InChI is InChI=1S/C38H53NO10/c1-7-23-10-8-11-30(39-37(42)31-12-9-15-46-31)20(2)33(41)29-18-27-25(28(29)19-32(40)48-23)14-13-22-16-24(17-26(22)27)49-38-36(45-6)35(44-5)34(43-4)21(3)47-38/h9,12-15,18,20-28,30,34-36,38H,7-8,10-11,16-17,19H2,1-6H3,(H,39,42)/t20-,21+,22-,23+,24-,25-,26-,27-,28+,30+,34+,35-,36+,38+/m1/s1. The van der Waals surface area contributed by atoms with E-state index in [4.69, 9.17) is 32.8 Å². The molecular weight excluding hydrogens is 630 g/mol. The van der Waals surface area contributed by atoms with Crippen LogP contribution in [0.1, 0.15) is 76.3 Å². The predicted molar refractivity (Wildman–Crippen MR) is 178 cm³/mol. The van der Waals surface area contributed by atoms with Crippen molar-refractivity contribution >= 4 is 17.7 Å². The van der Waals surface area contributed by atoms with Crippen molar-refractivity contribution in [1.29, 1.82) is 0 Å². The summed E-state index contributed by atoms with van der Waals surface area (Å²) in [7, 11) is 4.92. The fourth-order valence-corrected chi connectivity index (χ4v) is 9.18. The number of nitrogens with one attached hydrogen (secondary N) is 1. The van der Waals surface area contributed by atoms with Gasteiger partial charge in [-0.1, -0.05) is 32.1 Å². The Morgan fingerprint density at radius 3 is 2.45 bits per heavy atom. The summed E-state index contributed by atoms with van der Waals surface area (Å²) in [5, 5.41) is 3.09. The number of hydrogen-bond acceptors (Lipinski definition) is 10. The van der Waals surface area contributed by atoms with E-state index in [0.29, 0.717) is 31.3 Å². The maximum atomic E-state index is 14.4. The van der Waals surface area contributed by atoms with E-state index >= 15 is 0 Å². The molecule has 270 valence electrons. The summed E-state index contributed by atoms with van der Waals surface area (Å²) in [5.74, 6) is -0.611. The number of amides is 1. The van der Waals surface area contributed by atoms with Crippen LogP contribution in [-0.2, 0) is 38.0 Å². The number of fused-ring (bicyclic) bond motifs is 5. The van der Waals surface area contributed by atoms with Crippen LogP contribution in [0.4, 0.5) is 0 Å². The second kappa shape index (κ2) is 15.6. The van der Waals surface area contributed by atoms with Crippen molar-refractivity contribution in [3.05, 3.63) is 48.0 Å². The van der Waals surface area contributed by atoms with Gasteiger partial charge in [0.25, 0.3) is 5.91 Å². The summed E-state index contributed by atoms with van der Waals surface area (Å²) in [6, 6.07) is 2.90. The zero-order chi connectivity index (χ0) is 34.8. The first-order valence-corrected chi connectivity index (χ1v) is 18.0. The van der Waals surface area contributed by atoms with Gasteiger partial charge in [-0.25, -0.2) is 0 Å². The molecule has 5 aliphatic rings. The number of carbonyl (C=O) groups excluding carboxylic acids is 3. The van der Waals surface area contributed by atoms with Crippen LogP contribution in [0.5, 0.6) is 0 Å². The normalized spacial score (nSPS) is 41.1. The summed E-state index contributed by atoms with van der Waals surface area (Å²) in [4.78, 5) is 40.9. The van der Waals surface area contributed by atoms with Gasteiger partial charge in [-0.3, -0.25) is 14.4 Å². The molecule has 2 saturated heterocycles. The van der Waals surface area contributed by atoms with Crippen molar-refractivity contribution in [2.24, 2.45) is 35.5 Å². The van der Waals surface area contributed by atoms with E-state index in [9.17, 15) is 14.4 Å². The van der Waals surface area contributed by atoms with Crippen molar-refractivity contribution in [2.45, 2.75) is 115 Å². The second-order valence-electron chi connectivity index (χ2n) is 14.5. The highest BCUT2D eigenvalue weighted by Crippen LogP contribution is 2.54. The summed E-state index contributed by atoms with van der Waals surface area (Å²) in [6.45, 7) is 5.87. The highest BCUT2D eigenvalue weighted by Gasteiger charge is 2.52. The molecule has 3 aliphatic carbocycles. The minimum absolute atomic E-state index is 0.00381. The minimum atomic E-state index is -0.616. The maximum Gasteiger partial charge on any atom is 0.306 e. The predicted octanol–water partition coefficient (Wildman–Crippen LogP) is 5.04. The fourth-order valence-electron chi connectivity index (χ4n) is 9.18. The van der Waals surface area contributed by atoms with Crippen molar-refractivity contribution in [3.8, 4) is 0 Å². The molecule has 14 atom stereocenters. The van der Waals surface area contributed by atoms with Gasteiger partial charge in [0, 0.05) is 39.2 Å². The van der Waals surface area contributed by atoms with E-state index in [1.807, 2.05) is 20.8 Å². The highest BCUT2D eigenvalue weighted by molar-refractivity contribution is 6.00. The molecule has 0 unspecified atom stereocenters. The Morgan fingerprint density at radius 2 is 1.76 bits per heavy atom. The third-order valence-electron chi connectivity index (χ3n) is 11.8. The van der Waals surface area contributed by atoms with Crippen LogP contribution >= 0.6 is 0 Å². The first-order valence-electron chi connectivity index (χ1n) is 18.0. The fraction of sp³-hybridized carbons (Fsp3) is 0.711. The van der Waals surface area contributed by atoms with E-state index in [-0.39, 0.29) is 90.0 Å². The van der Waals surface area contributed by atoms with Crippen molar-refractivity contribution < 1.29 is 47.2 Å². The second-order valence-corrected chi connectivity index (χ2v) is 14.5. The van der Waals surface area contributed by atoms with Crippen LogP contribution in [0.2, 0.25) is 0 Å². The zero-order valence-electron chi connectivity index (χ0n) is 29.6. The number of rotatable bonds is 8. The number of methoxy groups -OCH3 is 3. The van der Waals surface area contributed by atoms with Gasteiger partial charge < -0.3 is 38.2 Å². The smallest absolute Gasteiger partial charge is 0.306 e. The van der Waals surface area contributed by atoms with Crippen LogP contribution in [0.15, 0.2) is 46.6 Å². The lowest BCUT2D eigenvalue weighted by molar-refractivity contribution is -0.314. The molecule has 1 aromatic heterocycles. The first kappa shape index (κ1) is 36.0. The Hall–Kier alpha value is -2.83. The molecule has 1 aromatic rings. The number of furan rings is 1. The third-order valence-corrected chi connectivity index (χ3v) is 11.8. The number of carbonyl (C=O) groups is 3. The molecular formula is C38H53NO10. The first-order chi connectivity index (χ1) is 23.7. The molecule has 3 fully saturated rings. The summed E-state index contributed by atoms with van der Waals surface area (Å²) in [6.07, 6.45) is 10.3. The topological polar surface area (TPSA) is 132 Å². The molecule has 1 amide bonds. The lowest BCUT2D eigenvalue weighted by Crippen LogP contribution is -2.59. The zero-order valence-corrected chi connectivity index (χ0v) is 29.6. The Morgan fingerprint density at radius 1 is 0.980 bits per heavy atom. The molecule has 0 spiro atoms. The number of hydrogen-bond donors (Lipinski definition) is 1. The molecule has 6 rings (SSSR count). The number of esters is 1. The van der Waals surface area contributed by atoms with Crippen LogP contribution in [0.3, 0.4) is 0 Å². The minimum Gasteiger partial charge on any atom is -0.462 e. The number of ether oxygens (including phenoxy) is 6. The SMILES string of the molecule is CC[C@H]1CCC[C@H](NC(=O)c2ccco2)[C@@H](C)C(=O)C2=C[C@@H]3[C@@H](C=C[C@@H]4C[C@@H](O[C@@H]5O[C@@H](C)[C@H](OC)[C@@H](OC)[C@@H]5OC)C[C@@H]34)[C@@H]2CC(=O)O1. The monoisotopic (exact) mass is 683 g/mol. The van der Waals surface area contributed by atoms with Crippen LogP contribution in [0, 0.1) is 35.5 Å². The number of allylic oxidation sites excluding steroid dienone is 4. The van der Waals surface area contributed by atoms with Crippen LogP contribution in [0.25, 0.3) is 0 Å². The number of cyclic esters (lactones) is 1. The Bertz CT molecular complexity index is 1370. The maximum absolute atomic E-state index is 14.4. The molecule has 49 heavy (non-hydrogen) atoms. The van der Waals surface area contributed by atoms with Crippen molar-refractivity contribution in [3.63, 3.8) is 0 Å². The highest BCUT2D eigenvalue weighted by atomic mass is 16.7. The molecule has 0 bridgehead atoms. The average molecular weight is 684 g/mol. The molecule has 0 aromatic carbocycles. The van der Waals surface area contributed by atoms with Crippen molar-refractivity contribution in [1.82, 2.24) is 5.32 Å². The summed E-state index contributed by atoms with van der Waals surface area (Å²) < 4.78 is 41.5. The number of Topliss-reactive ketones (excluding diaryl/α,β-unsaturated/α-hetero) is 1. The third kappa shape index (κ3) is 7.33. The van der Waals surface area contributed by atoms with Gasteiger partial charge in [-0.05, 0) is 86.8 Å². The van der Waals surface area contributed by atoms with Gasteiger partial charge in [-0.15, -0.1) is 0 Å². The Balaban J connectivity index is 1.23. The average Bonchev–Trinajstić information content (AvgIpc) is 3.85. The molecule has 11 heteroatoms. The lowest BCUT2D eigenvalue weighted by Gasteiger charge is -2.44. The summed E-state index contributed by atoms with van der Waals surface area (Å²) in [5.41, 5.74) is 0.678. The molecule has 0 radical (unpaired) electrons. The lowest BCUT2D eigenvalue weighted by atomic mass is 9.70. The van der Waals surface area contributed by atoms with E-state index in [1.165, 1.54) is 6.26 Å². The van der Waals surface area contributed by atoms with Gasteiger partial charge in [-0.2, -0.15) is 0 Å². The largest absolute Gasteiger partial charge is 0.462 e. The van der Waals surface area contributed by atoms with E-state index < -0.39 is 24.4 Å². The molecule has 2 aliphatic heterocycles. The Labute approximate surface area is 289 Å². The molecule has 11 nitrogen and oxygen atoms in total. The number of ketones is 1. The van der Waals surface area contributed by atoms with Gasteiger partial charge in [0.1, 0.15) is 24.4 Å². The molecule has 3 heterocycles. The van der Waals surface area contributed by atoms with E-state index in [1.54, 1.807) is 33.5 Å². The molecule has 1 N–H and O–H groups in total. The van der Waals surface area contributed by atoms with Crippen molar-refractivity contribution in [2.75, 3.05) is 21.3 Å². The molecule has 1 saturated carbocycles. The quantitative estimate of drug-likeness (QED) is 0.294.